The Morgan fingerprint density at radius 1 is 1.41 bits per heavy atom. The van der Waals surface area contributed by atoms with Crippen molar-refractivity contribution in [3.63, 3.8) is 0 Å². The second-order valence-corrected chi connectivity index (χ2v) is 5.29. The summed E-state index contributed by atoms with van der Waals surface area (Å²) in [7, 11) is 1.95. The van der Waals surface area contributed by atoms with E-state index in [2.05, 4.69) is 21.1 Å². The number of aromatic nitrogens is 2. The van der Waals surface area contributed by atoms with Gasteiger partial charge in [-0.15, -0.1) is 0 Å². The van der Waals surface area contributed by atoms with E-state index in [0.29, 0.717) is 6.04 Å². The maximum absolute atomic E-state index is 6.37. The van der Waals surface area contributed by atoms with Crippen LogP contribution in [0.2, 0.25) is 0 Å². The van der Waals surface area contributed by atoms with Gasteiger partial charge in [0.25, 0.3) is 0 Å². The van der Waals surface area contributed by atoms with Crippen molar-refractivity contribution >= 4 is 0 Å². The third-order valence-electron chi connectivity index (χ3n) is 4.05. The lowest BCUT2D eigenvalue weighted by Gasteiger charge is -2.49. The van der Waals surface area contributed by atoms with E-state index < -0.39 is 0 Å². The van der Waals surface area contributed by atoms with Gasteiger partial charge >= 0.3 is 0 Å². The molecule has 2 bridgehead atoms. The van der Waals surface area contributed by atoms with Crippen molar-refractivity contribution in [1.82, 2.24) is 19.6 Å². The molecule has 5 nitrogen and oxygen atoms in total. The molecular formula is C12H21N5. The van der Waals surface area contributed by atoms with Gasteiger partial charge in [0, 0.05) is 58.1 Å². The minimum absolute atomic E-state index is 0.224. The van der Waals surface area contributed by atoms with E-state index in [0.717, 1.165) is 13.0 Å². The van der Waals surface area contributed by atoms with Crippen LogP contribution < -0.4 is 5.73 Å². The van der Waals surface area contributed by atoms with Crippen LogP contribution in [0.3, 0.4) is 0 Å². The van der Waals surface area contributed by atoms with Gasteiger partial charge in [0.05, 0.1) is 6.20 Å². The third-order valence-corrected chi connectivity index (χ3v) is 4.05. The molecular weight excluding hydrogens is 214 g/mol. The SMILES string of the molecule is Cn1cc(CC(N)C2CN3CCN2CC3)cn1. The molecule has 1 aromatic heterocycles. The van der Waals surface area contributed by atoms with E-state index in [1.807, 2.05) is 17.9 Å². The first-order chi connectivity index (χ1) is 8.22. The fourth-order valence-electron chi connectivity index (χ4n) is 3.05. The number of piperazine rings is 3. The van der Waals surface area contributed by atoms with Crippen molar-refractivity contribution in [3.8, 4) is 0 Å². The summed E-state index contributed by atoms with van der Waals surface area (Å²) in [6, 6.07) is 0.750. The summed E-state index contributed by atoms with van der Waals surface area (Å²) >= 11 is 0. The molecule has 0 spiro atoms. The molecule has 2 unspecified atom stereocenters. The molecule has 1 aromatic rings. The van der Waals surface area contributed by atoms with Crippen LogP contribution in [-0.2, 0) is 13.5 Å². The first kappa shape index (κ1) is 11.2. The monoisotopic (exact) mass is 235 g/mol. The minimum atomic E-state index is 0.224. The molecule has 5 heteroatoms. The summed E-state index contributed by atoms with van der Waals surface area (Å²) in [4.78, 5) is 5.09. The summed E-state index contributed by atoms with van der Waals surface area (Å²) in [5.41, 5.74) is 7.62. The van der Waals surface area contributed by atoms with Crippen LogP contribution in [0.15, 0.2) is 12.4 Å². The fraction of sp³-hybridized carbons (Fsp3) is 0.750. The van der Waals surface area contributed by atoms with Crippen LogP contribution >= 0.6 is 0 Å². The number of hydrogen-bond acceptors (Lipinski definition) is 4. The van der Waals surface area contributed by atoms with Crippen LogP contribution in [-0.4, -0.2) is 64.4 Å². The summed E-state index contributed by atoms with van der Waals surface area (Å²) in [5.74, 6) is 0. The van der Waals surface area contributed by atoms with Gasteiger partial charge < -0.3 is 5.73 Å². The Hall–Kier alpha value is -0.910. The maximum Gasteiger partial charge on any atom is 0.0522 e. The van der Waals surface area contributed by atoms with Gasteiger partial charge in [-0.1, -0.05) is 0 Å². The molecule has 94 valence electrons. The average molecular weight is 235 g/mol. The molecule has 3 aliphatic heterocycles. The van der Waals surface area contributed by atoms with Gasteiger partial charge in [0.1, 0.15) is 0 Å². The molecule has 2 N–H and O–H groups in total. The molecule has 17 heavy (non-hydrogen) atoms. The van der Waals surface area contributed by atoms with Gasteiger partial charge in [-0.05, 0) is 12.0 Å². The summed E-state index contributed by atoms with van der Waals surface area (Å²) in [6.45, 7) is 5.95. The van der Waals surface area contributed by atoms with Crippen LogP contribution in [0.1, 0.15) is 5.56 Å². The summed E-state index contributed by atoms with van der Waals surface area (Å²) in [5, 5.41) is 4.20. The largest absolute Gasteiger partial charge is 0.326 e. The predicted molar refractivity (Wildman–Crippen MR) is 66.7 cm³/mol. The van der Waals surface area contributed by atoms with E-state index in [1.54, 1.807) is 0 Å². The number of nitrogens with zero attached hydrogens (tertiary/aromatic N) is 4. The van der Waals surface area contributed by atoms with Crippen molar-refractivity contribution in [1.29, 1.82) is 0 Å². The molecule has 3 aliphatic rings. The molecule has 0 aromatic carbocycles. The Kier molecular flexibility index (Phi) is 2.90. The Bertz CT molecular complexity index is 380. The minimum Gasteiger partial charge on any atom is -0.326 e. The van der Waals surface area contributed by atoms with E-state index in [1.165, 1.54) is 31.7 Å². The molecule has 0 radical (unpaired) electrons. The number of aryl methyl sites for hydroxylation is 1. The lowest BCUT2D eigenvalue weighted by molar-refractivity contribution is 0.00258. The van der Waals surface area contributed by atoms with E-state index >= 15 is 0 Å². The number of hydrogen-bond donors (Lipinski definition) is 1. The first-order valence-corrected chi connectivity index (χ1v) is 6.42. The highest BCUT2D eigenvalue weighted by atomic mass is 15.3. The zero-order chi connectivity index (χ0) is 11.8. The van der Waals surface area contributed by atoms with Crippen molar-refractivity contribution in [3.05, 3.63) is 18.0 Å². The maximum atomic E-state index is 6.37. The predicted octanol–water partition coefficient (Wildman–Crippen LogP) is -0.710. The molecule has 4 heterocycles. The lowest BCUT2D eigenvalue weighted by atomic mass is 9.96. The van der Waals surface area contributed by atoms with Gasteiger partial charge in [-0.25, -0.2) is 0 Å². The van der Waals surface area contributed by atoms with E-state index in [-0.39, 0.29) is 6.04 Å². The van der Waals surface area contributed by atoms with Crippen molar-refractivity contribution in [2.45, 2.75) is 18.5 Å². The number of rotatable bonds is 3. The Balaban J connectivity index is 1.64. The highest BCUT2D eigenvalue weighted by Crippen LogP contribution is 2.19. The second kappa shape index (κ2) is 4.40. The highest BCUT2D eigenvalue weighted by Gasteiger charge is 2.35. The summed E-state index contributed by atoms with van der Waals surface area (Å²) < 4.78 is 1.85. The molecule has 0 aliphatic carbocycles. The van der Waals surface area contributed by atoms with Gasteiger partial charge in [-0.2, -0.15) is 5.10 Å². The van der Waals surface area contributed by atoms with Gasteiger partial charge in [-0.3, -0.25) is 14.5 Å². The van der Waals surface area contributed by atoms with Crippen LogP contribution in [0.5, 0.6) is 0 Å². The normalized spacial score (nSPS) is 33.9. The Labute approximate surface area is 102 Å². The first-order valence-electron chi connectivity index (χ1n) is 6.42. The average Bonchev–Trinajstić information content (AvgIpc) is 2.76. The lowest BCUT2D eigenvalue weighted by Crippen LogP contribution is -2.66. The highest BCUT2D eigenvalue weighted by molar-refractivity contribution is 5.08. The Morgan fingerprint density at radius 3 is 2.71 bits per heavy atom. The van der Waals surface area contributed by atoms with E-state index in [4.69, 9.17) is 5.73 Å². The fourth-order valence-corrected chi connectivity index (χ4v) is 3.05. The molecule has 3 fully saturated rings. The van der Waals surface area contributed by atoms with Gasteiger partial charge in [0.15, 0.2) is 0 Å². The third kappa shape index (κ3) is 2.22. The van der Waals surface area contributed by atoms with Crippen molar-refractivity contribution < 1.29 is 0 Å². The molecule has 0 amide bonds. The van der Waals surface area contributed by atoms with E-state index in [9.17, 15) is 0 Å². The summed E-state index contributed by atoms with van der Waals surface area (Å²) in [6.07, 6.45) is 4.93. The zero-order valence-corrected chi connectivity index (χ0v) is 10.4. The molecule has 3 saturated heterocycles. The topological polar surface area (TPSA) is 50.3 Å². The Morgan fingerprint density at radius 2 is 2.18 bits per heavy atom. The van der Waals surface area contributed by atoms with Crippen LogP contribution in [0, 0.1) is 0 Å². The van der Waals surface area contributed by atoms with Crippen LogP contribution in [0.25, 0.3) is 0 Å². The standard InChI is InChI=1S/C12H21N5/c1-15-8-10(7-14-15)6-11(13)12-9-16-2-4-17(12)5-3-16/h7-8,11-12H,2-6,9,13H2,1H3. The van der Waals surface area contributed by atoms with Crippen molar-refractivity contribution in [2.24, 2.45) is 12.8 Å². The zero-order valence-electron chi connectivity index (χ0n) is 10.4. The quantitative estimate of drug-likeness (QED) is 0.752. The van der Waals surface area contributed by atoms with Gasteiger partial charge in [0.2, 0.25) is 0 Å². The van der Waals surface area contributed by atoms with Crippen LogP contribution in [0.4, 0.5) is 0 Å². The second-order valence-electron chi connectivity index (χ2n) is 5.29. The molecule has 0 saturated carbocycles. The molecule has 2 atom stereocenters. The molecule has 4 rings (SSSR count). The smallest absolute Gasteiger partial charge is 0.0522 e. The number of fused-ring (bicyclic) bond motifs is 3. The van der Waals surface area contributed by atoms with Crippen molar-refractivity contribution in [2.75, 3.05) is 32.7 Å². The number of nitrogens with two attached hydrogens (primary N) is 1.